The van der Waals surface area contributed by atoms with E-state index in [0.29, 0.717) is 0 Å². The molecular formula is C11H10N2O4S. The lowest BCUT2D eigenvalue weighted by molar-refractivity contribution is -0.264. The highest BCUT2D eigenvalue weighted by Gasteiger charge is 2.28. The Labute approximate surface area is 103 Å². The number of hydrogen-bond acceptors (Lipinski definition) is 3. The third-order valence-electron chi connectivity index (χ3n) is 2.57. The minimum absolute atomic E-state index is 0.103. The van der Waals surface area contributed by atoms with Crippen LogP contribution >= 0.6 is 0 Å². The van der Waals surface area contributed by atoms with E-state index in [2.05, 4.69) is 4.98 Å². The van der Waals surface area contributed by atoms with Gasteiger partial charge in [0.2, 0.25) is 5.39 Å². The van der Waals surface area contributed by atoms with Gasteiger partial charge in [-0.15, -0.1) is 0 Å². The average molecular weight is 266 g/mol. The molecule has 2 aromatic rings. The number of benzene rings is 2. The number of nitrogens with zero attached hydrogens (tertiary/aromatic N) is 2. The van der Waals surface area contributed by atoms with Gasteiger partial charge in [0, 0.05) is 17.7 Å². The zero-order chi connectivity index (χ0) is 13.6. The number of diazo groups is 1. The summed E-state index contributed by atoms with van der Waals surface area (Å²) in [5.41, 5.74) is -0.171. The van der Waals surface area contributed by atoms with Gasteiger partial charge in [-0.05, 0) is 23.3 Å². The number of fused-ring (bicyclic) bond motifs is 1. The third kappa shape index (κ3) is 1.93. The predicted octanol–water partition coefficient (Wildman–Crippen LogP) is 2.15. The molecule has 0 saturated heterocycles. The first kappa shape index (κ1) is 12.4. The van der Waals surface area contributed by atoms with Crippen molar-refractivity contribution in [2.24, 2.45) is 0 Å². The third-order valence-corrected chi connectivity index (χ3v) is 3.93. The van der Waals surface area contributed by atoms with Gasteiger partial charge in [-0.25, -0.2) is 4.21 Å². The molecule has 0 unspecified atom stereocenters. The zero-order valence-electron chi connectivity index (χ0n) is 9.40. The lowest BCUT2D eigenvalue weighted by Gasteiger charge is -2.27. The van der Waals surface area contributed by atoms with E-state index in [1.807, 2.05) is 0 Å². The molecule has 0 aliphatic rings. The van der Waals surface area contributed by atoms with Gasteiger partial charge in [0.15, 0.2) is 4.98 Å². The molecule has 2 N–H and O–H groups in total. The van der Waals surface area contributed by atoms with Crippen LogP contribution in [0.15, 0.2) is 35.2 Å². The molecule has 0 fully saturated rings. The largest absolute Gasteiger partial charge is 0.867 e. The molecule has 94 valence electrons. The fourth-order valence-electron chi connectivity index (χ4n) is 1.78. The Morgan fingerprint density at radius 3 is 2.44 bits per heavy atom. The monoisotopic (exact) mass is 266 g/mol. The van der Waals surface area contributed by atoms with E-state index in [-0.39, 0.29) is 21.4 Å². The minimum atomic E-state index is -4.94. The first-order valence-electron chi connectivity index (χ1n) is 4.93. The van der Waals surface area contributed by atoms with Gasteiger partial charge in [0.25, 0.3) is 0 Å². The molecule has 0 heterocycles. The lowest BCUT2D eigenvalue weighted by atomic mass is 10.1. The Bertz CT molecular complexity index is 746. The van der Waals surface area contributed by atoms with E-state index in [4.69, 9.17) is 5.39 Å². The Hall–Kier alpha value is -2.01. The van der Waals surface area contributed by atoms with Gasteiger partial charge in [-0.3, -0.25) is 0 Å². The Morgan fingerprint density at radius 1 is 1.22 bits per heavy atom. The van der Waals surface area contributed by atoms with Gasteiger partial charge in [0.1, 0.15) is 9.63 Å². The molecule has 2 aromatic carbocycles. The highest BCUT2D eigenvalue weighted by atomic mass is 32.3. The van der Waals surface area contributed by atoms with Crippen LogP contribution in [0.4, 0.5) is 5.69 Å². The van der Waals surface area contributed by atoms with Crippen molar-refractivity contribution in [1.29, 1.82) is 5.39 Å². The molecule has 0 atom stereocenters. The van der Waals surface area contributed by atoms with Gasteiger partial charge in [-0.1, -0.05) is 12.1 Å². The maximum absolute atomic E-state index is 11.8. The van der Waals surface area contributed by atoms with Crippen molar-refractivity contribution in [3.05, 3.63) is 35.3 Å². The standard InChI is InChI=1S/C11H10N2O4S/c1-18(15,16,17)10-4-2-3-8-7(10)5-6-9(13-12)11(8)14/h2-6H,1H3,(H2-,14,15,16,17). The topological polar surface area (TPSA) is 109 Å². The quantitative estimate of drug-likeness (QED) is 0.768. The summed E-state index contributed by atoms with van der Waals surface area (Å²) < 4.78 is 31.0. The molecule has 0 aliphatic carbocycles. The summed E-state index contributed by atoms with van der Waals surface area (Å²) in [5.74, 6) is -0.576. The van der Waals surface area contributed by atoms with Crippen molar-refractivity contribution < 1.29 is 18.4 Å². The average Bonchev–Trinajstić information content (AvgIpc) is 2.27. The van der Waals surface area contributed by atoms with E-state index in [0.717, 1.165) is 6.26 Å². The first-order valence-corrected chi connectivity index (χ1v) is 7.21. The van der Waals surface area contributed by atoms with Gasteiger partial charge >= 0.3 is 5.69 Å². The van der Waals surface area contributed by atoms with Crippen molar-refractivity contribution in [1.82, 2.24) is 0 Å². The highest BCUT2D eigenvalue weighted by molar-refractivity contribution is 8.09. The van der Waals surface area contributed by atoms with Gasteiger partial charge in [0.05, 0.1) is 4.90 Å². The fourth-order valence-corrected chi connectivity index (χ4v) is 2.85. The molecule has 0 saturated carbocycles. The molecule has 6 nitrogen and oxygen atoms in total. The van der Waals surface area contributed by atoms with E-state index < -0.39 is 15.4 Å². The second-order valence-electron chi connectivity index (χ2n) is 4.10. The van der Waals surface area contributed by atoms with Crippen LogP contribution in [0.1, 0.15) is 0 Å². The molecule has 0 radical (unpaired) electrons. The molecule has 0 aliphatic heterocycles. The second kappa shape index (κ2) is 3.49. The van der Waals surface area contributed by atoms with Crippen LogP contribution in [0.3, 0.4) is 0 Å². The van der Waals surface area contributed by atoms with Crippen molar-refractivity contribution in [2.75, 3.05) is 6.26 Å². The molecular weight excluding hydrogens is 256 g/mol. The number of rotatable bonds is 1. The van der Waals surface area contributed by atoms with Crippen molar-refractivity contribution in [3.8, 4) is 5.75 Å². The summed E-state index contributed by atoms with van der Waals surface area (Å²) in [7, 11) is -4.94. The summed E-state index contributed by atoms with van der Waals surface area (Å²) in [6.07, 6.45) is 0.792. The summed E-state index contributed by atoms with van der Waals surface area (Å²) in [5, 5.41) is 20.7. The summed E-state index contributed by atoms with van der Waals surface area (Å²) in [6.45, 7) is 0. The van der Waals surface area contributed by atoms with Crippen LogP contribution < -0.4 is 5.11 Å². The molecule has 7 heteroatoms. The molecule has 0 aromatic heterocycles. The molecule has 0 amide bonds. The van der Waals surface area contributed by atoms with Crippen molar-refractivity contribution in [2.45, 2.75) is 4.90 Å². The van der Waals surface area contributed by atoms with Crippen molar-refractivity contribution >= 4 is 26.1 Å². The molecule has 2 rings (SSSR count). The van der Waals surface area contributed by atoms with Crippen molar-refractivity contribution in [3.63, 3.8) is 0 Å². The zero-order valence-corrected chi connectivity index (χ0v) is 10.2. The van der Waals surface area contributed by atoms with Crippen LogP contribution in [0, 0.1) is 5.39 Å². The van der Waals surface area contributed by atoms with Crippen LogP contribution in [0.5, 0.6) is 5.75 Å². The number of hydrogen-bond donors (Lipinski definition) is 2. The summed E-state index contributed by atoms with van der Waals surface area (Å²) >= 11 is 0. The summed E-state index contributed by atoms with van der Waals surface area (Å²) in [6, 6.07) is 6.64. The first-order chi connectivity index (χ1) is 8.21. The Morgan fingerprint density at radius 2 is 1.89 bits per heavy atom. The van der Waals surface area contributed by atoms with Gasteiger partial charge < -0.3 is 14.2 Å². The van der Waals surface area contributed by atoms with Crippen LogP contribution in [-0.4, -0.2) is 19.6 Å². The van der Waals surface area contributed by atoms with Crippen LogP contribution in [-0.2, 0) is 9.63 Å². The normalized spacial score (nSPS) is 13.8. The predicted molar refractivity (Wildman–Crippen MR) is 65.7 cm³/mol. The Balaban J connectivity index is 2.96. The minimum Gasteiger partial charge on any atom is -0.867 e. The summed E-state index contributed by atoms with van der Waals surface area (Å²) in [4.78, 5) is 2.59. The van der Waals surface area contributed by atoms with E-state index in [1.165, 1.54) is 30.3 Å². The Kier molecular flexibility index (Phi) is 2.41. The lowest BCUT2D eigenvalue weighted by Crippen LogP contribution is -2.29. The maximum atomic E-state index is 11.8. The van der Waals surface area contributed by atoms with E-state index in [1.54, 1.807) is 0 Å². The van der Waals surface area contributed by atoms with E-state index >= 15 is 0 Å². The van der Waals surface area contributed by atoms with Crippen LogP contribution in [0.2, 0.25) is 0 Å². The van der Waals surface area contributed by atoms with Crippen LogP contribution in [0.25, 0.3) is 15.7 Å². The highest BCUT2D eigenvalue weighted by Crippen LogP contribution is 2.38. The molecule has 18 heavy (non-hydrogen) atoms. The molecule has 0 bridgehead atoms. The second-order valence-corrected chi connectivity index (χ2v) is 7.00. The molecule has 0 spiro atoms. The van der Waals surface area contributed by atoms with E-state index in [9.17, 15) is 18.4 Å². The SMILES string of the molecule is CS(=O)(O)(O)c1cccc2c([O-])c([N+]#N)ccc12. The van der Waals surface area contributed by atoms with Gasteiger partial charge in [-0.2, -0.15) is 0 Å². The maximum Gasteiger partial charge on any atom is 0.378 e. The fraction of sp³-hybridized carbons (Fsp3) is 0.0909. The smallest absolute Gasteiger partial charge is 0.378 e.